The molecule has 26 heavy (non-hydrogen) atoms. The number of hydrazine groups is 1. The summed E-state index contributed by atoms with van der Waals surface area (Å²) >= 11 is 1.45. The van der Waals surface area contributed by atoms with Crippen LogP contribution in [0.2, 0.25) is 0 Å². The van der Waals surface area contributed by atoms with E-state index in [9.17, 15) is 9.59 Å². The summed E-state index contributed by atoms with van der Waals surface area (Å²) in [5, 5.41) is 2.65. The molecule has 2 aromatic rings. The Morgan fingerprint density at radius 3 is 2.50 bits per heavy atom. The summed E-state index contributed by atoms with van der Waals surface area (Å²) in [6, 6.07) is 10.5. The normalized spacial score (nSPS) is 15.6. The minimum absolute atomic E-state index is 0.182. The lowest BCUT2D eigenvalue weighted by atomic mass is 9.89. The number of hydrogen-bond donors (Lipinski definition) is 2. The van der Waals surface area contributed by atoms with Crippen LogP contribution in [0.4, 0.5) is 0 Å². The fourth-order valence-corrected chi connectivity index (χ4v) is 3.97. The first-order chi connectivity index (χ1) is 12.6. The number of carbonyl (C=O) groups excluding carboxylic acids is 2. The Balaban J connectivity index is 1.36. The van der Waals surface area contributed by atoms with Crippen LogP contribution in [0.15, 0.2) is 35.7 Å². The van der Waals surface area contributed by atoms with Crippen molar-refractivity contribution in [1.82, 2.24) is 20.7 Å². The summed E-state index contributed by atoms with van der Waals surface area (Å²) in [6.07, 6.45) is 2.28. The van der Waals surface area contributed by atoms with Gasteiger partial charge in [0.05, 0.1) is 13.0 Å². The van der Waals surface area contributed by atoms with E-state index in [0.29, 0.717) is 12.5 Å². The summed E-state index contributed by atoms with van der Waals surface area (Å²) in [5.41, 5.74) is 7.24. The Morgan fingerprint density at radius 1 is 1.15 bits per heavy atom. The lowest BCUT2D eigenvalue weighted by Gasteiger charge is -2.31. The van der Waals surface area contributed by atoms with E-state index in [0.717, 1.165) is 36.6 Å². The summed E-state index contributed by atoms with van der Waals surface area (Å²) < 4.78 is 0. The van der Waals surface area contributed by atoms with Gasteiger partial charge in [-0.3, -0.25) is 25.3 Å². The Kier molecular flexibility index (Phi) is 6.35. The van der Waals surface area contributed by atoms with Crippen molar-refractivity contribution in [3.63, 3.8) is 0 Å². The predicted molar refractivity (Wildman–Crippen MR) is 102 cm³/mol. The first kappa shape index (κ1) is 18.5. The maximum Gasteiger partial charge on any atom is 0.252 e. The maximum atomic E-state index is 12.0. The molecule has 1 saturated heterocycles. The second-order valence-corrected chi connectivity index (χ2v) is 7.56. The largest absolute Gasteiger partial charge is 0.294 e. The zero-order valence-electron chi connectivity index (χ0n) is 14.9. The SMILES string of the molecule is Cc1csc(CC(=O)NNC(=O)CN2CCC(c3ccccc3)CC2)n1. The molecule has 2 N–H and O–H groups in total. The van der Waals surface area contributed by atoms with Crippen LogP contribution in [-0.4, -0.2) is 41.3 Å². The molecule has 1 aromatic heterocycles. The molecule has 138 valence electrons. The molecule has 2 amide bonds. The molecule has 6 nitrogen and oxygen atoms in total. The Morgan fingerprint density at radius 2 is 1.85 bits per heavy atom. The summed E-state index contributed by atoms with van der Waals surface area (Å²) in [5.74, 6) is 0.124. The molecule has 3 rings (SSSR count). The molecule has 2 heterocycles. The lowest BCUT2D eigenvalue weighted by Crippen LogP contribution is -2.48. The highest BCUT2D eigenvalue weighted by Crippen LogP contribution is 2.27. The molecular formula is C19H24N4O2S. The van der Waals surface area contributed by atoms with Gasteiger partial charge in [0.1, 0.15) is 5.01 Å². The van der Waals surface area contributed by atoms with Crippen LogP contribution in [0.5, 0.6) is 0 Å². The monoisotopic (exact) mass is 372 g/mol. The van der Waals surface area contributed by atoms with Crippen molar-refractivity contribution >= 4 is 23.2 Å². The molecule has 0 unspecified atom stereocenters. The fourth-order valence-electron chi connectivity index (χ4n) is 3.20. The average Bonchev–Trinajstić information content (AvgIpc) is 3.06. The van der Waals surface area contributed by atoms with Crippen LogP contribution >= 0.6 is 11.3 Å². The van der Waals surface area contributed by atoms with E-state index in [-0.39, 0.29) is 18.2 Å². The number of aryl methyl sites for hydroxylation is 1. The second-order valence-electron chi connectivity index (χ2n) is 6.62. The third-order valence-electron chi connectivity index (χ3n) is 4.55. The fraction of sp³-hybridized carbons (Fsp3) is 0.421. The van der Waals surface area contributed by atoms with Crippen LogP contribution in [0.1, 0.15) is 35.0 Å². The van der Waals surface area contributed by atoms with E-state index in [1.54, 1.807) is 0 Å². The number of piperidine rings is 1. The van der Waals surface area contributed by atoms with Gasteiger partial charge in [0.2, 0.25) is 5.91 Å². The van der Waals surface area contributed by atoms with Crippen LogP contribution in [-0.2, 0) is 16.0 Å². The van der Waals surface area contributed by atoms with E-state index in [1.807, 2.05) is 18.4 Å². The van der Waals surface area contributed by atoms with Gasteiger partial charge in [-0.25, -0.2) is 4.98 Å². The van der Waals surface area contributed by atoms with Gasteiger partial charge in [0, 0.05) is 11.1 Å². The third kappa shape index (κ3) is 5.37. The van der Waals surface area contributed by atoms with Crippen molar-refractivity contribution in [3.8, 4) is 0 Å². The molecule has 1 aromatic carbocycles. The summed E-state index contributed by atoms with van der Waals surface area (Å²) in [7, 11) is 0. The molecule has 0 atom stereocenters. The number of likely N-dealkylation sites (tertiary alicyclic amines) is 1. The summed E-state index contributed by atoms with van der Waals surface area (Å²) in [6.45, 7) is 3.97. The zero-order chi connectivity index (χ0) is 18.4. The third-order valence-corrected chi connectivity index (χ3v) is 5.51. The van der Waals surface area contributed by atoms with Gasteiger partial charge in [-0.2, -0.15) is 0 Å². The van der Waals surface area contributed by atoms with E-state index in [2.05, 4.69) is 45.0 Å². The van der Waals surface area contributed by atoms with E-state index in [1.165, 1.54) is 16.9 Å². The van der Waals surface area contributed by atoms with Crippen molar-refractivity contribution < 1.29 is 9.59 Å². The van der Waals surface area contributed by atoms with Gasteiger partial charge in [0.15, 0.2) is 0 Å². The molecule has 0 bridgehead atoms. The van der Waals surface area contributed by atoms with Crippen molar-refractivity contribution in [2.45, 2.75) is 32.1 Å². The van der Waals surface area contributed by atoms with Gasteiger partial charge in [-0.05, 0) is 44.3 Å². The highest BCUT2D eigenvalue weighted by Gasteiger charge is 2.22. The van der Waals surface area contributed by atoms with E-state index >= 15 is 0 Å². The molecule has 1 aliphatic heterocycles. The van der Waals surface area contributed by atoms with Crippen molar-refractivity contribution in [2.75, 3.05) is 19.6 Å². The van der Waals surface area contributed by atoms with Crippen molar-refractivity contribution in [3.05, 3.63) is 52.0 Å². The van der Waals surface area contributed by atoms with Gasteiger partial charge in [-0.1, -0.05) is 30.3 Å². The number of thiazole rings is 1. The van der Waals surface area contributed by atoms with Crippen LogP contribution in [0.3, 0.4) is 0 Å². The summed E-state index contributed by atoms with van der Waals surface area (Å²) in [4.78, 5) is 30.3. The second kappa shape index (κ2) is 8.91. The first-order valence-electron chi connectivity index (χ1n) is 8.86. The minimum Gasteiger partial charge on any atom is -0.294 e. The number of aromatic nitrogens is 1. The first-order valence-corrected chi connectivity index (χ1v) is 9.74. The van der Waals surface area contributed by atoms with Gasteiger partial charge in [-0.15, -0.1) is 11.3 Å². The minimum atomic E-state index is -0.254. The Bertz CT molecular complexity index is 739. The zero-order valence-corrected chi connectivity index (χ0v) is 15.7. The topological polar surface area (TPSA) is 74.3 Å². The number of carbonyl (C=O) groups is 2. The van der Waals surface area contributed by atoms with Gasteiger partial charge >= 0.3 is 0 Å². The number of nitrogens with zero attached hydrogens (tertiary/aromatic N) is 2. The number of hydrogen-bond acceptors (Lipinski definition) is 5. The quantitative estimate of drug-likeness (QED) is 0.788. The number of amides is 2. The molecule has 0 aliphatic carbocycles. The van der Waals surface area contributed by atoms with Crippen molar-refractivity contribution in [1.29, 1.82) is 0 Å². The van der Waals surface area contributed by atoms with Crippen LogP contribution in [0.25, 0.3) is 0 Å². The highest BCUT2D eigenvalue weighted by molar-refractivity contribution is 7.09. The molecule has 0 spiro atoms. The Labute approximate surface area is 157 Å². The average molecular weight is 372 g/mol. The maximum absolute atomic E-state index is 12.0. The number of rotatable bonds is 5. The molecule has 1 fully saturated rings. The van der Waals surface area contributed by atoms with Gasteiger partial charge < -0.3 is 0 Å². The molecular weight excluding hydrogens is 348 g/mol. The number of benzene rings is 1. The standard InChI is InChI=1S/C19H24N4O2S/c1-14-13-26-19(20-14)11-17(24)21-22-18(25)12-23-9-7-16(8-10-23)15-5-3-2-4-6-15/h2-6,13,16H,7-12H2,1H3,(H,21,24)(H,22,25). The number of nitrogens with one attached hydrogen (secondary N) is 2. The van der Waals surface area contributed by atoms with E-state index in [4.69, 9.17) is 0 Å². The van der Waals surface area contributed by atoms with Crippen molar-refractivity contribution in [2.24, 2.45) is 0 Å². The molecule has 0 saturated carbocycles. The van der Waals surface area contributed by atoms with Crippen LogP contribution in [0, 0.1) is 6.92 Å². The lowest BCUT2D eigenvalue weighted by molar-refractivity contribution is -0.129. The van der Waals surface area contributed by atoms with Gasteiger partial charge in [0.25, 0.3) is 5.91 Å². The highest BCUT2D eigenvalue weighted by atomic mass is 32.1. The van der Waals surface area contributed by atoms with Crippen LogP contribution < -0.4 is 10.9 Å². The smallest absolute Gasteiger partial charge is 0.252 e. The predicted octanol–water partition coefficient (Wildman–Crippen LogP) is 2.02. The van der Waals surface area contributed by atoms with E-state index < -0.39 is 0 Å². The molecule has 7 heteroatoms. The molecule has 1 aliphatic rings. The Hall–Kier alpha value is -2.25. The molecule has 0 radical (unpaired) electrons.